The van der Waals surface area contributed by atoms with E-state index < -0.39 is 5.97 Å². The van der Waals surface area contributed by atoms with Crippen LogP contribution in [-0.4, -0.2) is 42.6 Å². The number of methoxy groups -OCH3 is 1. The smallest absolute Gasteiger partial charge is 0.358 e. The lowest BCUT2D eigenvalue weighted by atomic mass is 10.2. The monoisotopic (exact) mass is 329 g/mol. The van der Waals surface area contributed by atoms with Crippen LogP contribution >= 0.6 is 0 Å². The summed E-state index contributed by atoms with van der Waals surface area (Å²) < 4.78 is 15.9. The number of benzene rings is 1. The van der Waals surface area contributed by atoms with Gasteiger partial charge >= 0.3 is 5.97 Å². The highest BCUT2D eigenvalue weighted by Crippen LogP contribution is 2.21. The average Bonchev–Trinajstić information content (AvgIpc) is 3.14. The Morgan fingerprint density at radius 3 is 2.96 bits per heavy atom. The number of aromatic nitrogens is 2. The number of hydrogen-bond acceptors (Lipinski definition) is 7. The van der Waals surface area contributed by atoms with Crippen molar-refractivity contribution >= 4 is 17.5 Å². The van der Waals surface area contributed by atoms with Gasteiger partial charge in [-0.3, -0.25) is 0 Å². The molecule has 2 aromatic rings. The second kappa shape index (κ2) is 7.74. The SMILES string of the molecule is COC(=O)c1ccc(Nc2cccc(OC[C@H]3CCCO3)c2)nn1. The standard InChI is InChI=1S/C17H19N3O4/c1-22-17(21)15-7-8-16(20-19-15)18-12-4-2-5-13(10-12)24-11-14-6-3-9-23-14/h2,4-5,7-8,10,14H,3,6,9,11H2,1H3,(H,18,20)/t14-/m1/s1. The first-order valence-corrected chi connectivity index (χ1v) is 7.78. The number of rotatable bonds is 6. The lowest BCUT2D eigenvalue weighted by Gasteiger charge is -2.12. The molecule has 1 saturated heterocycles. The van der Waals surface area contributed by atoms with Gasteiger partial charge in [0, 0.05) is 18.4 Å². The normalized spacial score (nSPS) is 16.6. The highest BCUT2D eigenvalue weighted by atomic mass is 16.5. The third-order valence-electron chi connectivity index (χ3n) is 3.63. The molecule has 0 aliphatic carbocycles. The molecule has 0 unspecified atom stereocenters. The Morgan fingerprint density at radius 1 is 1.33 bits per heavy atom. The molecule has 3 rings (SSSR count). The summed E-state index contributed by atoms with van der Waals surface area (Å²) in [7, 11) is 1.30. The average molecular weight is 329 g/mol. The number of nitrogens with zero attached hydrogens (tertiary/aromatic N) is 2. The maximum Gasteiger partial charge on any atom is 0.358 e. The topological polar surface area (TPSA) is 82.6 Å². The van der Waals surface area contributed by atoms with Crippen molar-refractivity contribution in [2.24, 2.45) is 0 Å². The number of nitrogens with one attached hydrogen (secondary N) is 1. The van der Waals surface area contributed by atoms with Gasteiger partial charge in [-0.1, -0.05) is 6.07 Å². The van der Waals surface area contributed by atoms with E-state index in [1.165, 1.54) is 7.11 Å². The van der Waals surface area contributed by atoms with Crippen molar-refractivity contribution in [2.75, 3.05) is 25.6 Å². The van der Waals surface area contributed by atoms with E-state index in [2.05, 4.69) is 20.3 Å². The van der Waals surface area contributed by atoms with Crippen LogP contribution < -0.4 is 10.1 Å². The summed E-state index contributed by atoms with van der Waals surface area (Å²) in [5, 5.41) is 10.9. The highest BCUT2D eigenvalue weighted by molar-refractivity contribution is 5.87. The molecular weight excluding hydrogens is 310 g/mol. The van der Waals surface area contributed by atoms with Crippen molar-refractivity contribution in [1.29, 1.82) is 0 Å². The van der Waals surface area contributed by atoms with Crippen molar-refractivity contribution in [1.82, 2.24) is 10.2 Å². The Kier molecular flexibility index (Phi) is 5.22. The van der Waals surface area contributed by atoms with Crippen molar-refractivity contribution < 1.29 is 19.0 Å². The van der Waals surface area contributed by atoms with Gasteiger partial charge in [-0.05, 0) is 37.1 Å². The number of hydrogen-bond donors (Lipinski definition) is 1. The molecule has 1 fully saturated rings. The fourth-order valence-electron chi connectivity index (χ4n) is 2.39. The van der Waals surface area contributed by atoms with E-state index in [1.54, 1.807) is 12.1 Å². The zero-order valence-electron chi connectivity index (χ0n) is 13.4. The van der Waals surface area contributed by atoms with Crippen LogP contribution in [0.15, 0.2) is 36.4 Å². The maximum atomic E-state index is 11.3. The summed E-state index contributed by atoms with van der Waals surface area (Å²) in [5.74, 6) is 0.771. The number of esters is 1. The second-order valence-corrected chi connectivity index (χ2v) is 5.39. The molecule has 1 aromatic heterocycles. The van der Waals surface area contributed by atoms with Gasteiger partial charge in [-0.25, -0.2) is 4.79 Å². The third kappa shape index (κ3) is 4.20. The molecule has 0 bridgehead atoms. The number of carbonyl (C=O) groups is 1. The van der Waals surface area contributed by atoms with Gasteiger partial charge in [0.05, 0.1) is 13.2 Å². The van der Waals surface area contributed by atoms with Crippen LogP contribution in [0.1, 0.15) is 23.3 Å². The molecule has 7 heteroatoms. The van der Waals surface area contributed by atoms with E-state index in [1.807, 2.05) is 24.3 Å². The molecule has 7 nitrogen and oxygen atoms in total. The second-order valence-electron chi connectivity index (χ2n) is 5.39. The van der Waals surface area contributed by atoms with Gasteiger partial charge in [0.1, 0.15) is 12.4 Å². The summed E-state index contributed by atoms with van der Waals surface area (Å²) in [5.41, 5.74) is 0.983. The zero-order valence-corrected chi connectivity index (χ0v) is 13.4. The number of anilines is 2. The number of ether oxygens (including phenoxy) is 3. The summed E-state index contributed by atoms with van der Waals surface area (Å²) >= 11 is 0. The fourth-order valence-corrected chi connectivity index (χ4v) is 2.39. The highest BCUT2D eigenvalue weighted by Gasteiger charge is 2.16. The van der Waals surface area contributed by atoms with Crippen molar-refractivity contribution in [3.05, 3.63) is 42.1 Å². The van der Waals surface area contributed by atoms with Crippen molar-refractivity contribution in [3.8, 4) is 5.75 Å². The van der Waals surface area contributed by atoms with Crippen LogP contribution in [0.25, 0.3) is 0 Å². The zero-order chi connectivity index (χ0) is 16.8. The predicted octanol–water partition coefficient (Wildman–Crippen LogP) is 2.56. The Morgan fingerprint density at radius 2 is 2.25 bits per heavy atom. The molecule has 126 valence electrons. The van der Waals surface area contributed by atoms with Crippen LogP contribution in [0.3, 0.4) is 0 Å². The molecule has 24 heavy (non-hydrogen) atoms. The van der Waals surface area contributed by atoms with E-state index >= 15 is 0 Å². The minimum atomic E-state index is -0.515. The molecule has 2 heterocycles. The summed E-state index contributed by atoms with van der Waals surface area (Å²) in [6, 6.07) is 10.8. The Bertz CT molecular complexity index is 684. The molecule has 1 atom stereocenters. The van der Waals surface area contributed by atoms with Gasteiger partial charge in [0.2, 0.25) is 0 Å². The lowest BCUT2D eigenvalue weighted by Crippen LogP contribution is -2.16. The summed E-state index contributed by atoms with van der Waals surface area (Å²) in [4.78, 5) is 11.3. The van der Waals surface area contributed by atoms with Crippen LogP contribution in [0, 0.1) is 0 Å². The van der Waals surface area contributed by atoms with Crippen molar-refractivity contribution in [3.63, 3.8) is 0 Å². The molecule has 0 amide bonds. The van der Waals surface area contributed by atoms with Crippen LogP contribution in [-0.2, 0) is 9.47 Å². The summed E-state index contributed by atoms with van der Waals surface area (Å²) in [6.07, 6.45) is 2.31. The molecule has 1 N–H and O–H groups in total. The largest absolute Gasteiger partial charge is 0.491 e. The quantitative estimate of drug-likeness (QED) is 0.816. The molecule has 0 saturated carbocycles. The maximum absolute atomic E-state index is 11.3. The van der Waals surface area contributed by atoms with E-state index in [0.29, 0.717) is 12.4 Å². The molecule has 0 spiro atoms. The van der Waals surface area contributed by atoms with Gasteiger partial charge in [-0.2, -0.15) is 0 Å². The van der Waals surface area contributed by atoms with E-state index in [4.69, 9.17) is 9.47 Å². The first-order chi connectivity index (χ1) is 11.7. The van der Waals surface area contributed by atoms with Crippen LogP contribution in [0.2, 0.25) is 0 Å². The summed E-state index contributed by atoms with van der Waals surface area (Å²) in [6.45, 7) is 1.37. The minimum absolute atomic E-state index is 0.164. The van der Waals surface area contributed by atoms with Gasteiger partial charge in [0.15, 0.2) is 11.5 Å². The fraction of sp³-hybridized carbons (Fsp3) is 0.353. The predicted molar refractivity (Wildman–Crippen MR) is 87.6 cm³/mol. The van der Waals surface area contributed by atoms with E-state index in [-0.39, 0.29) is 11.8 Å². The first kappa shape index (κ1) is 16.2. The molecule has 0 radical (unpaired) electrons. The van der Waals surface area contributed by atoms with Gasteiger partial charge in [0.25, 0.3) is 0 Å². The van der Waals surface area contributed by atoms with Crippen molar-refractivity contribution in [2.45, 2.75) is 18.9 Å². The third-order valence-corrected chi connectivity index (χ3v) is 3.63. The Labute approximate surface area is 139 Å². The Balaban J connectivity index is 1.60. The molecule has 1 aliphatic heterocycles. The Hall–Kier alpha value is -2.67. The van der Waals surface area contributed by atoms with Crippen LogP contribution in [0.4, 0.5) is 11.5 Å². The lowest BCUT2D eigenvalue weighted by molar-refractivity contribution is 0.0592. The van der Waals surface area contributed by atoms with Crippen LogP contribution in [0.5, 0.6) is 5.75 Å². The van der Waals surface area contributed by atoms with E-state index in [9.17, 15) is 4.79 Å². The first-order valence-electron chi connectivity index (χ1n) is 7.78. The van der Waals surface area contributed by atoms with E-state index in [0.717, 1.165) is 30.9 Å². The number of carbonyl (C=O) groups excluding carboxylic acids is 1. The van der Waals surface area contributed by atoms with Gasteiger partial charge < -0.3 is 19.5 Å². The molecule has 1 aliphatic rings. The molecule has 1 aromatic carbocycles. The minimum Gasteiger partial charge on any atom is -0.491 e. The van der Waals surface area contributed by atoms with Gasteiger partial charge in [-0.15, -0.1) is 10.2 Å². The molecular formula is C17H19N3O4.